The van der Waals surface area contributed by atoms with E-state index < -0.39 is 5.97 Å². The fourth-order valence-corrected chi connectivity index (χ4v) is 2.69. The highest BCUT2D eigenvalue weighted by molar-refractivity contribution is 9.10. The van der Waals surface area contributed by atoms with Gasteiger partial charge in [0.25, 0.3) is 0 Å². The molecule has 1 N–H and O–H groups in total. The molecule has 1 aromatic carbocycles. The molecular formula is C15H13BrN2O2. The SMILES string of the molecule is Cc1ccc(Br)cc1-c1ccnc(C2CC2C(=O)O)n1. The number of aliphatic carboxylic acids is 1. The van der Waals surface area contributed by atoms with Gasteiger partial charge in [-0.2, -0.15) is 0 Å². The second-order valence-electron chi connectivity index (χ2n) is 5.05. The van der Waals surface area contributed by atoms with E-state index in [1.165, 1.54) is 0 Å². The van der Waals surface area contributed by atoms with Crippen molar-refractivity contribution in [3.63, 3.8) is 0 Å². The summed E-state index contributed by atoms with van der Waals surface area (Å²) in [6.07, 6.45) is 2.34. The molecule has 2 aromatic rings. The highest BCUT2D eigenvalue weighted by Gasteiger charge is 2.46. The zero-order valence-electron chi connectivity index (χ0n) is 10.9. The van der Waals surface area contributed by atoms with Crippen molar-refractivity contribution in [1.29, 1.82) is 0 Å². The third kappa shape index (κ3) is 2.45. The molecule has 1 saturated carbocycles. The Labute approximate surface area is 125 Å². The summed E-state index contributed by atoms with van der Waals surface area (Å²) in [5, 5.41) is 8.99. The summed E-state index contributed by atoms with van der Waals surface area (Å²) in [7, 11) is 0. The lowest BCUT2D eigenvalue weighted by Crippen LogP contribution is -2.02. The molecule has 2 unspecified atom stereocenters. The molecule has 102 valence electrons. The van der Waals surface area contributed by atoms with Crippen molar-refractivity contribution in [3.05, 3.63) is 46.3 Å². The molecule has 1 fully saturated rings. The standard InChI is InChI=1S/C15H13BrN2O2/c1-8-2-3-9(16)6-10(8)13-4-5-17-14(18-13)11-7-12(11)15(19)20/h2-6,11-12H,7H2,1H3,(H,19,20). The first kappa shape index (κ1) is 13.2. The van der Waals surface area contributed by atoms with Crippen LogP contribution < -0.4 is 0 Å². The van der Waals surface area contributed by atoms with Gasteiger partial charge in [-0.25, -0.2) is 9.97 Å². The molecule has 20 heavy (non-hydrogen) atoms. The Bertz CT molecular complexity index is 687. The van der Waals surface area contributed by atoms with Crippen molar-refractivity contribution >= 4 is 21.9 Å². The molecule has 1 heterocycles. The van der Waals surface area contributed by atoms with E-state index in [9.17, 15) is 4.79 Å². The maximum absolute atomic E-state index is 10.9. The van der Waals surface area contributed by atoms with Crippen molar-refractivity contribution < 1.29 is 9.90 Å². The number of nitrogens with zero attached hydrogens (tertiary/aromatic N) is 2. The quantitative estimate of drug-likeness (QED) is 0.935. The van der Waals surface area contributed by atoms with Gasteiger partial charge in [-0.05, 0) is 37.1 Å². The fourth-order valence-electron chi connectivity index (χ4n) is 2.33. The lowest BCUT2D eigenvalue weighted by atomic mass is 10.1. The van der Waals surface area contributed by atoms with E-state index in [4.69, 9.17) is 5.11 Å². The van der Waals surface area contributed by atoms with Crippen LogP contribution in [0.15, 0.2) is 34.9 Å². The van der Waals surface area contributed by atoms with Crippen LogP contribution in [0.4, 0.5) is 0 Å². The van der Waals surface area contributed by atoms with E-state index in [2.05, 4.69) is 25.9 Å². The van der Waals surface area contributed by atoms with Crippen LogP contribution in [-0.4, -0.2) is 21.0 Å². The summed E-state index contributed by atoms with van der Waals surface area (Å²) in [6, 6.07) is 7.89. The number of carboxylic acid groups (broad SMARTS) is 1. The van der Waals surface area contributed by atoms with Crippen molar-refractivity contribution in [1.82, 2.24) is 9.97 Å². The van der Waals surface area contributed by atoms with Crippen molar-refractivity contribution in [3.8, 4) is 11.3 Å². The van der Waals surface area contributed by atoms with Gasteiger partial charge in [-0.15, -0.1) is 0 Å². The Morgan fingerprint density at radius 2 is 2.20 bits per heavy atom. The van der Waals surface area contributed by atoms with Gasteiger partial charge in [0.2, 0.25) is 0 Å². The second kappa shape index (κ2) is 4.98. The molecule has 0 spiro atoms. The van der Waals surface area contributed by atoms with Gasteiger partial charge in [0, 0.05) is 22.2 Å². The maximum Gasteiger partial charge on any atom is 0.307 e. The Kier molecular flexibility index (Phi) is 3.30. The van der Waals surface area contributed by atoms with Gasteiger partial charge < -0.3 is 5.11 Å². The lowest BCUT2D eigenvalue weighted by Gasteiger charge is -2.07. The molecule has 3 rings (SSSR count). The predicted molar refractivity (Wildman–Crippen MR) is 78.4 cm³/mol. The van der Waals surface area contributed by atoms with Crippen LogP contribution in [0.1, 0.15) is 23.7 Å². The van der Waals surface area contributed by atoms with E-state index in [1.807, 2.05) is 31.2 Å². The van der Waals surface area contributed by atoms with Crippen LogP contribution in [0, 0.1) is 12.8 Å². The number of aromatic nitrogens is 2. The Morgan fingerprint density at radius 3 is 2.90 bits per heavy atom. The van der Waals surface area contributed by atoms with E-state index in [1.54, 1.807) is 6.20 Å². The van der Waals surface area contributed by atoms with Crippen molar-refractivity contribution in [2.45, 2.75) is 19.3 Å². The summed E-state index contributed by atoms with van der Waals surface area (Å²) >= 11 is 3.46. The first-order valence-corrected chi connectivity index (χ1v) is 7.18. The average Bonchev–Trinajstić information content (AvgIpc) is 3.22. The molecule has 0 saturated heterocycles. The molecule has 5 heteroatoms. The molecule has 0 aliphatic heterocycles. The maximum atomic E-state index is 10.9. The summed E-state index contributed by atoms with van der Waals surface area (Å²) < 4.78 is 0.994. The van der Waals surface area contributed by atoms with E-state index in [-0.39, 0.29) is 11.8 Å². The number of hydrogen-bond donors (Lipinski definition) is 1. The summed E-state index contributed by atoms with van der Waals surface area (Å²) in [5.74, 6) is -0.495. The number of halogens is 1. The second-order valence-corrected chi connectivity index (χ2v) is 5.96. The minimum atomic E-state index is -0.761. The largest absolute Gasteiger partial charge is 0.481 e. The number of carboxylic acids is 1. The highest BCUT2D eigenvalue weighted by Crippen LogP contribution is 2.46. The van der Waals surface area contributed by atoms with Gasteiger partial charge in [0.15, 0.2) is 0 Å². The zero-order chi connectivity index (χ0) is 14.3. The molecule has 4 nitrogen and oxygen atoms in total. The Balaban J connectivity index is 1.96. The summed E-state index contributed by atoms with van der Waals surface area (Å²) in [6.45, 7) is 2.03. The predicted octanol–water partition coefficient (Wildman–Crippen LogP) is 3.40. The topological polar surface area (TPSA) is 63.1 Å². The minimum Gasteiger partial charge on any atom is -0.481 e. The van der Waals surface area contributed by atoms with Crippen LogP contribution in [0.3, 0.4) is 0 Å². The van der Waals surface area contributed by atoms with E-state index in [0.29, 0.717) is 12.2 Å². The third-order valence-electron chi connectivity index (χ3n) is 3.59. The number of carbonyl (C=O) groups is 1. The van der Waals surface area contributed by atoms with Crippen molar-refractivity contribution in [2.75, 3.05) is 0 Å². The lowest BCUT2D eigenvalue weighted by molar-refractivity contribution is -0.138. The molecule has 2 atom stereocenters. The molecule has 0 bridgehead atoms. The minimum absolute atomic E-state index is 0.0418. The fraction of sp³-hybridized carbons (Fsp3) is 0.267. The van der Waals surface area contributed by atoms with Crippen LogP contribution in [-0.2, 0) is 4.79 Å². The first-order chi connectivity index (χ1) is 9.56. The van der Waals surface area contributed by atoms with Gasteiger partial charge in [-0.3, -0.25) is 4.79 Å². The number of benzene rings is 1. The van der Waals surface area contributed by atoms with Crippen LogP contribution in [0.5, 0.6) is 0 Å². The van der Waals surface area contributed by atoms with E-state index in [0.717, 1.165) is 21.3 Å². The third-order valence-corrected chi connectivity index (χ3v) is 4.08. The van der Waals surface area contributed by atoms with Gasteiger partial charge in [0.05, 0.1) is 11.6 Å². The normalized spacial score (nSPS) is 20.7. The zero-order valence-corrected chi connectivity index (χ0v) is 12.5. The average molecular weight is 333 g/mol. The number of rotatable bonds is 3. The van der Waals surface area contributed by atoms with Crippen LogP contribution in [0.2, 0.25) is 0 Å². The van der Waals surface area contributed by atoms with Crippen LogP contribution in [0.25, 0.3) is 11.3 Å². The van der Waals surface area contributed by atoms with Gasteiger partial charge >= 0.3 is 5.97 Å². The smallest absolute Gasteiger partial charge is 0.307 e. The van der Waals surface area contributed by atoms with Gasteiger partial charge in [0.1, 0.15) is 5.82 Å². The number of aryl methyl sites for hydroxylation is 1. The van der Waals surface area contributed by atoms with E-state index >= 15 is 0 Å². The highest BCUT2D eigenvalue weighted by atomic mass is 79.9. The molecular weight excluding hydrogens is 320 g/mol. The summed E-state index contributed by atoms with van der Waals surface area (Å²) in [5.41, 5.74) is 3.00. The van der Waals surface area contributed by atoms with Crippen LogP contribution >= 0.6 is 15.9 Å². The molecule has 1 aliphatic rings. The monoisotopic (exact) mass is 332 g/mol. The first-order valence-electron chi connectivity index (χ1n) is 6.38. The molecule has 0 amide bonds. The Morgan fingerprint density at radius 1 is 1.40 bits per heavy atom. The number of hydrogen-bond acceptors (Lipinski definition) is 3. The summed E-state index contributed by atoms with van der Waals surface area (Å²) in [4.78, 5) is 19.7. The molecule has 0 radical (unpaired) electrons. The Hall–Kier alpha value is -1.75. The molecule has 1 aliphatic carbocycles. The van der Waals surface area contributed by atoms with Gasteiger partial charge in [-0.1, -0.05) is 22.0 Å². The molecule has 1 aromatic heterocycles. The van der Waals surface area contributed by atoms with Crippen molar-refractivity contribution in [2.24, 2.45) is 5.92 Å².